The zero-order valence-corrected chi connectivity index (χ0v) is 20.6. The molecule has 0 fully saturated rings. The molecule has 0 spiro atoms. The summed E-state index contributed by atoms with van der Waals surface area (Å²) in [6.07, 6.45) is 0. The fourth-order valence-electron chi connectivity index (χ4n) is 3.73. The van der Waals surface area contributed by atoms with Crippen molar-refractivity contribution in [1.29, 1.82) is 0 Å². The normalized spacial score (nSPS) is 11.4. The standard InChI is InChI=1S/C25H16N2O2S4/c1-13-2-5-18(30-13)19-8-9-22(32-19)23-11-10-21(33-23)20-7-6-17(31-20)14-3-4-15-16(12-14)25(29)27-26-24(15)28/h2-12H,1H3,(H,26,28)(H,27,29). The van der Waals surface area contributed by atoms with Crippen LogP contribution in [0.15, 0.2) is 76.3 Å². The minimum atomic E-state index is -0.292. The first-order chi connectivity index (χ1) is 16.0. The Kier molecular flexibility index (Phi) is 5.03. The first-order valence-electron chi connectivity index (χ1n) is 10.2. The number of benzene rings is 1. The van der Waals surface area contributed by atoms with E-state index in [1.165, 1.54) is 34.1 Å². The summed E-state index contributed by atoms with van der Waals surface area (Å²) in [6.45, 7) is 2.14. The van der Waals surface area contributed by atoms with Gasteiger partial charge in [-0.1, -0.05) is 6.07 Å². The Hall–Kier alpha value is -3.04. The zero-order chi connectivity index (χ0) is 22.5. The fraction of sp³-hybridized carbons (Fsp3) is 0.0400. The molecule has 33 heavy (non-hydrogen) atoms. The monoisotopic (exact) mass is 504 g/mol. The van der Waals surface area contributed by atoms with E-state index in [9.17, 15) is 9.59 Å². The van der Waals surface area contributed by atoms with Gasteiger partial charge in [0.25, 0.3) is 11.1 Å². The van der Waals surface area contributed by atoms with Crippen molar-refractivity contribution in [2.45, 2.75) is 6.92 Å². The van der Waals surface area contributed by atoms with E-state index in [0.717, 1.165) is 10.4 Å². The summed E-state index contributed by atoms with van der Waals surface area (Å²) in [6, 6.07) is 22.7. The number of fused-ring (bicyclic) bond motifs is 1. The number of nitrogens with one attached hydrogen (secondary N) is 2. The number of H-pyrrole nitrogens is 2. The Balaban J connectivity index is 1.31. The van der Waals surface area contributed by atoms with E-state index in [2.05, 4.69) is 65.7 Å². The number of aromatic nitrogens is 2. The van der Waals surface area contributed by atoms with E-state index in [1.807, 2.05) is 28.7 Å². The predicted octanol–water partition coefficient (Wildman–Crippen LogP) is 7.44. The first kappa shape index (κ1) is 20.6. The topological polar surface area (TPSA) is 65.7 Å². The van der Waals surface area contributed by atoms with Gasteiger partial charge >= 0.3 is 0 Å². The summed E-state index contributed by atoms with van der Waals surface area (Å²) in [5.74, 6) is 0. The Bertz CT molecular complexity index is 1740. The Morgan fingerprint density at radius 2 is 0.970 bits per heavy atom. The molecule has 0 aliphatic carbocycles. The fourth-order valence-corrected chi connectivity index (χ4v) is 7.88. The molecule has 5 aromatic heterocycles. The largest absolute Gasteiger partial charge is 0.270 e. The predicted molar refractivity (Wildman–Crippen MR) is 143 cm³/mol. The number of thiophene rings is 4. The molecule has 0 saturated carbocycles. The lowest BCUT2D eigenvalue weighted by Crippen LogP contribution is -2.18. The van der Waals surface area contributed by atoms with E-state index in [1.54, 1.807) is 34.8 Å². The van der Waals surface area contributed by atoms with E-state index in [4.69, 9.17) is 0 Å². The highest BCUT2D eigenvalue weighted by atomic mass is 32.1. The summed E-state index contributed by atoms with van der Waals surface area (Å²) in [7, 11) is 0. The zero-order valence-electron chi connectivity index (χ0n) is 17.3. The molecule has 0 atom stereocenters. The second kappa shape index (κ2) is 8.07. The quantitative estimate of drug-likeness (QED) is 0.262. The van der Waals surface area contributed by atoms with Crippen LogP contribution in [-0.2, 0) is 0 Å². The lowest BCUT2D eigenvalue weighted by atomic mass is 10.1. The maximum absolute atomic E-state index is 12.2. The van der Waals surface area contributed by atoms with Crippen LogP contribution >= 0.6 is 45.3 Å². The van der Waals surface area contributed by atoms with Crippen LogP contribution in [0.4, 0.5) is 0 Å². The molecule has 0 radical (unpaired) electrons. The van der Waals surface area contributed by atoms with Crippen molar-refractivity contribution in [2.75, 3.05) is 0 Å². The molecule has 0 bridgehead atoms. The maximum Gasteiger partial charge on any atom is 0.270 e. The van der Waals surface area contributed by atoms with Crippen LogP contribution in [0.2, 0.25) is 0 Å². The average Bonchev–Trinajstić information content (AvgIpc) is 3.61. The third kappa shape index (κ3) is 3.75. The Labute approximate surface area is 204 Å². The highest BCUT2D eigenvalue weighted by Crippen LogP contribution is 2.44. The molecule has 6 rings (SSSR count). The van der Waals surface area contributed by atoms with Gasteiger partial charge < -0.3 is 0 Å². The Morgan fingerprint density at radius 1 is 0.515 bits per heavy atom. The van der Waals surface area contributed by atoms with Gasteiger partial charge in [0.15, 0.2) is 0 Å². The third-order valence-electron chi connectivity index (χ3n) is 5.37. The summed E-state index contributed by atoms with van der Waals surface area (Å²) in [5.41, 5.74) is 0.347. The number of hydrogen-bond donors (Lipinski definition) is 2. The lowest BCUT2D eigenvalue weighted by molar-refractivity contribution is 0.977. The average molecular weight is 505 g/mol. The van der Waals surface area contributed by atoms with Gasteiger partial charge in [-0.05, 0) is 73.2 Å². The molecule has 0 aliphatic rings. The van der Waals surface area contributed by atoms with Crippen molar-refractivity contribution in [1.82, 2.24) is 10.2 Å². The summed E-state index contributed by atoms with van der Waals surface area (Å²) < 4.78 is 0. The van der Waals surface area contributed by atoms with Crippen LogP contribution in [-0.4, -0.2) is 10.2 Å². The number of hydrogen-bond acceptors (Lipinski definition) is 6. The highest BCUT2D eigenvalue weighted by molar-refractivity contribution is 7.29. The van der Waals surface area contributed by atoms with Gasteiger partial charge in [0.2, 0.25) is 0 Å². The van der Waals surface area contributed by atoms with Crippen molar-refractivity contribution in [3.8, 4) is 39.7 Å². The molecular formula is C25H16N2O2S4. The van der Waals surface area contributed by atoms with Crippen molar-refractivity contribution in [3.05, 3.63) is 92.3 Å². The summed E-state index contributed by atoms with van der Waals surface area (Å²) in [4.78, 5) is 34.1. The summed E-state index contributed by atoms with van der Waals surface area (Å²) >= 11 is 7.14. The molecule has 6 aromatic rings. The van der Waals surface area contributed by atoms with Crippen LogP contribution in [0.5, 0.6) is 0 Å². The van der Waals surface area contributed by atoms with Crippen LogP contribution < -0.4 is 11.1 Å². The van der Waals surface area contributed by atoms with Gasteiger partial charge in [-0.25, -0.2) is 0 Å². The molecule has 4 nitrogen and oxygen atoms in total. The third-order valence-corrected chi connectivity index (χ3v) is 10.3. The van der Waals surface area contributed by atoms with Gasteiger partial charge in [0, 0.05) is 39.0 Å². The van der Waals surface area contributed by atoms with Gasteiger partial charge in [-0.3, -0.25) is 19.8 Å². The Morgan fingerprint density at radius 3 is 1.52 bits per heavy atom. The molecule has 0 aliphatic heterocycles. The van der Waals surface area contributed by atoms with Crippen molar-refractivity contribution in [3.63, 3.8) is 0 Å². The van der Waals surface area contributed by atoms with Gasteiger partial charge in [0.1, 0.15) is 0 Å². The molecule has 8 heteroatoms. The minimum absolute atomic E-state index is 0.292. The molecule has 1 aromatic carbocycles. The van der Waals surface area contributed by atoms with Crippen LogP contribution in [0.3, 0.4) is 0 Å². The highest BCUT2D eigenvalue weighted by Gasteiger charge is 2.13. The van der Waals surface area contributed by atoms with Crippen LogP contribution in [0, 0.1) is 6.92 Å². The molecule has 0 saturated heterocycles. The number of aromatic amines is 2. The van der Waals surface area contributed by atoms with Gasteiger partial charge in [0.05, 0.1) is 10.8 Å². The second-order valence-electron chi connectivity index (χ2n) is 7.57. The summed E-state index contributed by atoms with van der Waals surface area (Å²) in [5, 5.41) is 5.57. The number of aryl methyl sites for hydroxylation is 1. The molecule has 162 valence electrons. The molecule has 0 amide bonds. The van der Waals surface area contributed by atoms with Crippen LogP contribution in [0.1, 0.15) is 4.88 Å². The minimum Gasteiger partial charge on any atom is -0.267 e. The smallest absolute Gasteiger partial charge is 0.267 e. The van der Waals surface area contributed by atoms with Crippen molar-refractivity contribution in [2.24, 2.45) is 0 Å². The van der Waals surface area contributed by atoms with E-state index < -0.39 is 0 Å². The molecule has 2 N–H and O–H groups in total. The molecule has 0 unspecified atom stereocenters. The first-order valence-corrected chi connectivity index (χ1v) is 13.4. The maximum atomic E-state index is 12.2. The molecule has 5 heterocycles. The molecular weight excluding hydrogens is 489 g/mol. The van der Waals surface area contributed by atoms with Gasteiger partial charge in [-0.15, -0.1) is 45.3 Å². The lowest BCUT2D eigenvalue weighted by Gasteiger charge is -2.00. The van der Waals surface area contributed by atoms with Crippen LogP contribution in [0.25, 0.3) is 50.5 Å². The van der Waals surface area contributed by atoms with E-state index >= 15 is 0 Å². The van der Waals surface area contributed by atoms with Gasteiger partial charge in [-0.2, -0.15) is 0 Å². The SMILES string of the molecule is Cc1ccc(-c2ccc(-c3ccc(-c4ccc(-c5ccc6c(=O)[nH][nH]c(=O)c6c5)s4)s3)s2)s1. The second-order valence-corrected chi connectivity index (χ2v) is 12.1. The number of rotatable bonds is 4. The van der Waals surface area contributed by atoms with E-state index in [0.29, 0.717) is 10.8 Å². The van der Waals surface area contributed by atoms with E-state index in [-0.39, 0.29) is 11.1 Å². The van der Waals surface area contributed by atoms with Crippen molar-refractivity contribution >= 4 is 56.1 Å². The van der Waals surface area contributed by atoms with Crippen molar-refractivity contribution < 1.29 is 0 Å².